The molecule has 0 aromatic heterocycles. The Bertz CT molecular complexity index is 217. The van der Waals surface area contributed by atoms with E-state index in [2.05, 4.69) is 26.1 Å². The van der Waals surface area contributed by atoms with Crippen molar-refractivity contribution in [1.29, 1.82) is 0 Å². The predicted octanol–water partition coefficient (Wildman–Crippen LogP) is 3.98. The van der Waals surface area contributed by atoms with Crippen LogP contribution in [0.15, 0.2) is 0 Å². The minimum Gasteiger partial charge on any atom is -0.314 e. The van der Waals surface area contributed by atoms with Gasteiger partial charge in [0.15, 0.2) is 0 Å². The topological polar surface area (TPSA) is 12.0 Å². The standard InChI is InChI=1S/C15H29N/c1-4-16-14-9-10-15(3,11-14)13-7-5-12(2)6-8-13/h12-14,16H,4-11H2,1-3H3. The summed E-state index contributed by atoms with van der Waals surface area (Å²) in [6.45, 7) is 8.36. The molecule has 0 aromatic carbocycles. The molecular weight excluding hydrogens is 194 g/mol. The Labute approximate surface area is 101 Å². The molecule has 0 amide bonds. The molecule has 2 aliphatic rings. The quantitative estimate of drug-likeness (QED) is 0.763. The lowest BCUT2D eigenvalue weighted by Crippen LogP contribution is -2.32. The molecule has 0 radical (unpaired) electrons. The summed E-state index contributed by atoms with van der Waals surface area (Å²) in [6, 6.07) is 0.814. The van der Waals surface area contributed by atoms with Crippen molar-refractivity contribution in [2.75, 3.05) is 6.54 Å². The Hall–Kier alpha value is -0.0400. The first-order valence-corrected chi connectivity index (χ1v) is 7.37. The summed E-state index contributed by atoms with van der Waals surface area (Å²) in [4.78, 5) is 0. The highest BCUT2D eigenvalue weighted by atomic mass is 14.9. The zero-order valence-electron chi connectivity index (χ0n) is 11.4. The maximum Gasteiger partial charge on any atom is 0.00724 e. The monoisotopic (exact) mass is 223 g/mol. The lowest BCUT2D eigenvalue weighted by molar-refractivity contribution is 0.122. The first kappa shape index (κ1) is 12.4. The van der Waals surface area contributed by atoms with Crippen LogP contribution in [0.1, 0.15) is 65.7 Å². The maximum absolute atomic E-state index is 3.65. The second-order valence-corrected chi connectivity index (χ2v) is 6.61. The number of hydrogen-bond donors (Lipinski definition) is 1. The van der Waals surface area contributed by atoms with Crippen molar-refractivity contribution in [1.82, 2.24) is 5.32 Å². The van der Waals surface area contributed by atoms with Crippen molar-refractivity contribution in [3.8, 4) is 0 Å². The van der Waals surface area contributed by atoms with Gasteiger partial charge >= 0.3 is 0 Å². The molecule has 2 atom stereocenters. The van der Waals surface area contributed by atoms with Gasteiger partial charge in [-0.2, -0.15) is 0 Å². The number of nitrogens with one attached hydrogen (secondary N) is 1. The van der Waals surface area contributed by atoms with Gasteiger partial charge in [0, 0.05) is 6.04 Å². The van der Waals surface area contributed by atoms with E-state index >= 15 is 0 Å². The fourth-order valence-corrected chi connectivity index (χ4v) is 4.06. The molecule has 0 bridgehead atoms. The Kier molecular flexibility index (Phi) is 3.94. The van der Waals surface area contributed by atoms with Crippen molar-refractivity contribution < 1.29 is 0 Å². The van der Waals surface area contributed by atoms with Crippen molar-refractivity contribution >= 4 is 0 Å². The van der Waals surface area contributed by atoms with E-state index in [4.69, 9.17) is 0 Å². The van der Waals surface area contributed by atoms with Gasteiger partial charge in [0.05, 0.1) is 0 Å². The Morgan fingerprint density at radius 1 is 1.12 bits per heavy atom. The smallest absolute Gasteiger partial charge is 0.00724 e. The van der Waals surface area contributed by atoms with Crippen LogP contribution in [0.5, 0.6) is 0 Å². The molecule has 0 aliphatic heterocycles. The van der Waals surface area contributed by atoms with E-state index in [0.717, 1.165) is 24.4 Å². The number of hydrogen-bond acceptors (Lipinski definition) is 1. The fourth-order valence-electron chi connectivity index (χ4n) is 4.06. The first-order chi connectivity index (χ1) is 7.64. The van der Waals surface area contributed by atoms with Gasteiger partial charge < -0.3 is 5.32 Å². The van der Waals surface area contributed by atoms with Crippen molar-refractivity contribution in [2.24, 2.45) is 17.3 Å². The summed E-state index contributed by atoms with van der Waals surface area (Å²) >= 11 is 0. The van der Waals surface area contributed by atoms with E-state index < -0.39 is 0 Å². The molecule has 1 heteroatoms. The van der Waals surface area contributed by atoms with Gasteiger partial charge in [-0.3, -0.25) is 0 Å². The summed E-state index contributed by atoms with van der Waals surface area (Å²) in [6.07, 6.45) is 10.3. The van der Waals surface area contributed by atoms with Crippen LogP contribution in [0.3, 0.4) is 0 Å². The van der Waals surface area contributed by atoms with Crippen molar-refractivity contribution in [3.05, 3.63) is 0 Å². The Morgan fingerprint density at radius 3 is 2.44 bits per heavy atom. The molecule has 2 fully saturated rings. The minimum atomic E-state index is 0.660. The third kappa shape index (κ3) is 2.61. The van der Waals surface area contributed by atoms with Gasteiger partial charge in [-0.05, 0) is 55.9 Å². The van der Waals surface area contributed by atoms with Crippen LogP contribution < -0.4 is 5.32 Å². The van der Waals surface area contributed by atoms with E-state index in [-0.39, 0.29) is 0 Å². The molecule has 1 N–H and O–H groups in total. The van der Waals surface area contributed by atoms with Gasteiger partial charge in [0.2, 0.25) is 0 Å². The molecular formula is C15H29N. The van der Waals surface area contributed by atoms with E-state index in [0.29, 0.717) is 5.41 Å². The molecule has 2 unspecified atom stereocenters. The van der Waals surface area contributed by atoms with E-state index in [1.54, 1.807) is 0 Å². The molecule has 0 heterocycles. The molecule has 2 aliphatic carbocycles. The largest absolute Gasteiger partial charge is 0.314 e. The van der Waals surface area contributed by atoms with E-state index in [1.165, 1.54) is 44.9 Å². The van der Waals surface area contributed by atoms with Crippen LogP contribution in [0.2, 0.25) is 0 Å². The van der Waals surface area contributed by atoms with Crippen LogP contribution >= 0.6 is 0 Å². The summed E-state index contributed by atoms with van der Waals surface area (Å²) in [5, 5.41) is 3.65. The zero-order valence-corrected chi connectivity index (χ0v) is 11.4. The predicted molar refractivity (Wildman–Crippen MR) is 70.5 cm³/mol. The summed E-state index contributed by atoms with van der Waals surface area (Å²) in [7, 11) is 0. The molecule has 16 heavy (non-hydrogen) atoms. The van der Waals surface area contributed by atoms with Gasteiger partial charge in [-0.1, -0.05) is 33.6 Å². The average molecular weight is 223 g/mol. The van der Waals surface area contributed by atoms with Crippen molar-refractivity contribution in [2.45, 2.75) is 71.8 Å². The van der Waals surface area contributed by atoms with Gasteiger partial charge in [-0.15, -0.1) is 0 Å². The maximum atomic E-state index is 3.65. The molecule has 94 valence electrons. The summed E-state index contributed by atoms with van der Waals surface area (Å²) in [5.74, 6) is 2.01. The third-order valence-corrected chi connectivity index (χ3v) is 5.27. The molecule has 1 nitrogen and oxygen atoms in total. The second kappa shape index (κ2) is 5.08. The lowest BCUT2D eigenvalue weighted by atomic mass is 9.67. The Morgan fingerprint density at radius 2 is 1.81 bits per heavy atom. The van der Waals surface area contributed by atoms with Crippen molar-refractivity contribution in [3.63, 3.8) is 0 Å². The SMILES string of the molecule is CCNC1CCC(C)(C2CCC(C)CC2)C1. The molecule has 2 rings (SSSR count). The van der Waals surface area contributed by atoms with E-state index in [1.807, 2.05) is 0 Å². The van der Waals surface area contributed by atoms with Crippen LogP contribution in [-0.4, -0.2) is 12.6 Å². The minimum absolute atomic E-state index is 0.660. The van der Waals surface area contributed by atoms with Gasteiger partial charge in [0.25, 0.3) is 0 Å². The normalized spacial score (nSPS) is 44.8. The number of rotatable bonds is 3. The Balaban J connectivity index is 1.88. The zero-order chi connectivity index (χ0) is 11.6. The molecule has 0 spiro atoms. The summed E-state index contributed by atoms with van der Waals surface area (Å²) in [5.41, 5.74) is 0.660. The summed E-state index contributed by atoms with van der Waals surface area (Å²) < 4.78 is 0. The van der Waals surface area contributed by atoms with Crippen LogP contribution in [0.25, 0.3) is 0 Å². The van der Waals surface area contributed by atoms with Crippen LogP contribution in [-0.2, 0) is 0 Å². The molecule has 0 saturated heterocycles. The van der Waals surface area contributed by atoms with Gasteiger partial charge in [-0.25, -0.2) is 0 Å². The van der Waals surface area contributed by atoms with Crippen LogP contribution in [0.4, 0.5) is 0 Å². The molecule has 2 saturated carbocycles. The van der Waals surface area contributed by atoms with Gasteiger partial charge in [0.1, 0.15) is 0 Å². The van der Waals surface area contributed by atoms with E-state index in [9.17, 15) is 0 Å². The second-order valence-electron chi connectivity index (χ2n) is 6.61. The highest BCUT2D eigenvalue weighted by Crippen LogP contribution is 2.49. The highest BCUT2D eigenvalue weighted by molar-refractivity contribution is 4.94. The first-order valence-electron chi connectivity index (χ1n) is 7.37. The average Bonchev–Trinajstić information content (AvgIpc) is 2.63. The lowest BCUT2D eigenvalue weighted by Gasteiger charge is -2.39. The highest BCUT2D eigenvalue weighted by Gasteiger charge is 2.41. The third-order valence-electron chi connectivity index (χ3n) is 5.27. The van der Waals surface area contributed by atoms with Crippen LogP contribution in [0, 0.1) is 17.3 Å². The molecule has 0 aromatic rings. The fraction of sp³-hybridized carbons (Fsp3) is 1.00.